The van der Waals surface area contributed by atoms with E-state index in [2.05, 4.69) is 9.71 Å². The van der Waals surface area contributed by atoms with Gasteiger partial charge in [-0.3, -0.25) is 0 Å². The van der Waals surface area contributed by atoms with Crippen LogP contribution >= 0.6 is 11.3 Å². The maximum atomic E-state index is 12.3. The molecule has 0 fully saturated rings. The third kappa shape index (κ3) is 3.24. The van der Waals surface area contributed by atoms with Gasteiger partial charge in [0.05, 0.1) is 22.1 Å². The van der Waals surface area contributed by atoms with E-state index in [4.69, 9.17) is 5.73 Å². The quantitative estimate of drug-likeness (QED) is 0.880. The first-order valence-electron chi connectivity index (χ1n) is 6.13. The highest BCUT2D eigenvalue weighted by atomic mass is 32.2. The molecule has 108 valence electrons. The third-order valence-corrected chi connectivity index (χ3v) is 5.38. The summed E-state index contributed by atoms with van der Waals surface area (Å²) in [5.41, 5.74) is 7.85. The molecule has 0 aliphatic heterocycles. The highest BCUT2D eigenvalue weighted by Crippen LogP contribution is 2.19. The van der Waals surface area contributed by atoms with Crippen molar-refractivity contribution < 1.29 is 8.42 Å². The van der Waals surface area contributed by atoms with Crippen molar-refractivity contribution in [3.05, 3.63) is 45.4 Å². The largest absolute Gasteiger partial charge is 0.326 e. The molecule has 0 amide bonds. The summed E-state index contributed by atoms with van der Waals surface area (Å²) in [6.45, 7) is 4.17. The van der Waals surface area contributed by atoms with Crippen molar-refractivity contribution in [3.8, 4) is 0 Å². The van der Waals surface area contributed by atoms with E-state index in [0.29, 0.717) is 12.1 Å². The van der Waals surface area contributed by atoms with Crippen molar-refractivity contribution in [2.24, 2.45) is 5.73 Å². The van der Waals surface area contributed by atoms with E-state index in [1.54, 1.807) is 19.1 Å². The number of nitrogens with zero attached hydrogens (tertiary/aromatic N) is 1. The van der Waals surface area contributed by atoms with Crippen molar-refractivity contribution >= 4 is 21.4 Å². The van der Waals surface area contributed by atoms with E-state index < -0.39 is 10.0 Å². The number of rotatable bonds is 5. The number of hydrogen-bond acceptors (Lipinski definition) is 5. The summed E-state index contributed by atoms with van der Waals surface area (Å²) in [5.74, 6) is 0. The van der Waals surface area contributed by atoms with Crippen molar-refractivity contribution in [1.29, 1.82) is 0 Å². The van der Waals surface area contributed by atoms with Gasteiger partial charge in [-0.15, -0.1) is 11.3 Å². The zero-order valence-electron chi connectivity index (χ0n) is 11.4. The molecule has 0 atom stereocenters. The monoisotopic (exact) mass is 311 g/mol. The zero-order valence-corrected chi connectivity index (χ0v) is 13.0. The minimum Gasteiger partial charge on any atom is -0.326 e. The molecule has 2 aromatic rings. The maximum Gasteiger partial charge on any atom is 0.241 e. The zero-order chi connectivity index (χ0) is 14.8. The molecule has 0 aliphatic rings. The van der Waals surface area contributed by atoms with Crippen LogP contribution in [-0.4, -0.2) is 13.4 Å². The van der Waals surface area contributed by atoms with Crippen LogP contribution in [0.1, 0.15) is 21.8 Å². The average molecular weight is 311 g/mol. The number of aromatic nitrogens is 1. The van der Waals surface area contributed by atoms with Gasteiger partial charge in [0.25, 0.3) is 0 Å². The van der Waals surface area contributed by atoms with Gasteiger partial charge in [0.1, 0.15) is 0 Å². The summed E-state index contributed by atoms with van der Waals surface area (Å²) in [6, 6.07) is 5.12. The number of hydrogen-bond donors (Lipinski definition) is 2. The van der Waals surface area contributed by atoms with Crippen molar-refractivity contribution in [2.45, 2.75) is 31.8 Å². The number of benzene rings is 1. The Balaban J connectivity index is 2.22. The van der Waals surface area contributed by atoms with Crippen LogP contribution in [0, 0.1) is 13.8 Å². The Morgan fingerprint density at radius 2 is 2.10 bits per heavy atom. The van der Waals surface area contributed by atoms with Crippen LogP contribution in [0.5, 0.6) is 0 Å². The first-order chi connectivity index (χ1) is 9.44. The van der Waals surface area contributed by atoms with Crippen LogP contribution in [-0.2, 0) is 23.1 Å². The minimum absolute atomic E-state index is 0.193. The van der Waals surface area contributed by atoms with E-state index in [1.165, 1.54) is 11.3 Å². The lowest BCUT2D eigenvalue weighted by Gasteiger charge is -2.11. The van der Waals surface area contributed by atoms with Gasteiger partial charge < -0.3 is 5.73 Å². The SMILES string of the molecule is Cc1nc(CNS(=O)(=O)c2cccc(CN)c2C)cs1. The van der Waals surface area contributed by atoms with Gasteiger partial charge in [-0.2, -0.15) is 0 Å². The smallest absolute Gasteiger partial charge is 0.241 e. The fourth-order valence-corrected chi connectivity index (χ4v) is 3.81. The Labute approximate surface area is 122 Å². The van der Waals surface area contributed by atoms with Crippen molar-refractivity contribution in [2.75, 3.05) is 0 Å². The molecule has 3 N–H and O–H groups in total. The Kier molecular flexibility index (Phi) is 4.54. The predicted octanol–water partition coefficient (Wildman–Crippen LogP) is 1.70. The molecule has 0 saturated carbocycles. The summed E-state index contributed by atoms with van der Waals surface area (Å²) in [4.78, 5) is 4.51. The first kappa shape index (κ1) is 15.1. The number of nitrogens with one attached hydrogen (secondary N) is 1. The molecule has 0 radical (unpaired) electrons. The number of thiazole rings is 1. The summed E-state index contributed by atoms with van der Waals surface area (Å²) in [7, 11) is -3.55. The van der Waals surface area contributed by atoms with Crippen molar-refractivity contribution in [1.82, 2.24) is 9.71 Å². The Hall–Kier alpha value is -1.28. The van der Waals surface area contributed by atoms with Crippen molar-refractivity contribution in [3.63, 3.8) is 0 Å². The summed E-state index contributed by atoms with van der Waals surface area (Å²) in [6.07, 6.45) is 0. The molecule has 1 heterocycles. The summed E-state index contributed by atoms with van der Waals surface area (Å²) < 4.78 is 27.2. The topological polar surface area (TPSA) is 85.1 Å². The lowest BCUT2D eigenvalue weighted by molar-refractivity contribution is 0.579. The van der Waals surface area contributed by atoms with E-state index in [1.807, 2.05) is 18.4 Å². The molecule has 0 aliphatic carbocycles. The van der Waals surface area contributed by atoms with Gasteiger partial charge in [-0.05, 0) is 31.0 Å². The van der Waals surface area contributed by atoms with Crippen LogP contribution < -0.4 is 10.5 Å². The van der Waals surface area contributed by atoms with Gasteiger partial charge >= 0.3 is 0 Å². The average Bonchev–Trinajstić information content (AvgIpc) is 2.82. The van der Waals surface area contributed by atoms with Crippen LogP contribution in [0.15, 0.2) is 28.5 Å². The van der Waals surface area contributed by atoms with Gasteiger partial charge in [0.2, 0.25) is 10.0 Å². The molecule has 7 heteroatoms. The molecule has 0 spiro atoms. The van der Waals surface area contributed by atoms with E-state index in [9.17, 15) is 8.42 Å². The Morgan fingerprint density at radius 3 is 2.70 bits per heavy atom. The highest BCUT2D eigenvalue weighted by Gasteiger charge is 2.18. The molecule has 0 unspecified atom stereocenters. The third-order valence-electron chi connectivity index (χ3n) is 3.02. The standard InChI is InChI=1S/C13H17N3O2S2/c1-9-11(6-14)4-3-5-13(9)20(17,18)15-7-12-8-19-10(2)16-12/h3-5,8,15H,6-7,14H2,1-2H3. The lowest BCUT2D eigenvalue weighted by Crippen LogP contribution is -2.24. The minimum atomic E-state index is -3.55. The number of sulfonamides is 1. The Morgan fingerprint density at radius 1 is 1.35 bits per heavy atom. The highest BCUT2D eigenvalue weighted by molar-refractivity contribution is 7.89. The molecular formula is C13H17N3O2S2. The summed E-state index contributed by atoms with van der Waals surface area (Å²) in [5, 5.41) is 2.77. The molecule has 2 rings (SSSR count). The lowest BCUT2D eigenvalue weighted by atomic mass is 10.1. The molecule has 1 aromatic carbocycles. The second kappa shape index (κ2) is 6.01. The van der Waals surface area contributed by atoms with Gasteiger partial charge in [-0.1, -0.05) is 12.1 Å². The van der Waals surface area contributed by atoms with E-state index in [-0.39, 0.29) is 11.4 Å². The van der Waals surface area contributed by atoms with Gasteiger partial charge in [0, 0.05) is 11.9 Å². The maximum absolute atomic E-state index is 12.3. The normalized spacial score (nSPS) is 11.8. The molecular weight excluding hydrogens is 294 g/mol. The van der Waals surface area contributed by atoms with Crippen LogP contribution in [0.25, 0.3) is 0 Å². The van der Waals surface area contributed by atoms with E-state index >= 15 is 0 Å². The second-order valence-electron chi connectivity index (χ2n) is 4.43. The van der Waals surface area contributed by atoms with Gasteiger partial charge in [0.15, 0.2) is 0 Å². The second-order valence-corrected chi connectivity index (χ2v) is 7.22. The molecule has 0 saturated heterocycles. The molecule has 5 nitrogen and oxygen atoms in total. The fourth-order valence-electron chi connectivity index (χ4n) is 1.91. The van der Waals surface area contributed by atoms with Crippen LogP contribution in [0.4, 0.5) is 0 Å². The number of nitrogens with two attached hydrogens (primary N) is 1. The van der Waals surface area contributed by atoms with E-state index in [0.717, 1.165) is 16.3 Å². The summed E-state index contributed by atoms with van der Waals surface area (Å²) >= 11 is 1.50. The fraction of sp³-hybridized carbons (Fsp3) is 0.308. The molecule has 20 heavy (non-hydrogen) atoms. The van der Waals surface area contributed by atoms with Gasteiger partial charge in [-0.25, -0.2) is 18.1 Å². The molecule has 1 aromatic heterocycles. The predicted molar refractivity (Wildman–Crippen MR) is 79.9 cm³/mol. The Bertz CT molecular complexity index is 708. The number of aryl methyl sites for hydroxylation is 1. The van der Waals surface area contributed by atoms with Crippen LogP contribution in [0.2, 0.25) is 0 Å². The first-order valence-corrected chi connectivity index (χ1v) is 8.49. The molecule has 0 bridgehead atoms. The van der Waals surface area contributed by atoms with Crippen LogP contribution in [0.3, 0.4) is 0 Å².